The number of rotatable bonds is 3. The van der Waals surface area contributed by atoms with Crippen LogP contribution in [0.2, 0.25) is 0 Å². The second-order valence-electron chi connectivity index (χ2n) is 3.69. The van der Waals surface area contributed by atoms with Crippen molar-refractivity contribution in [3.8, 4) is 0 Å². The number of carbonyl (C=O) groups excluding carboxylic acids is 1. The molecule has 4 nitrogen and oxygen atoms in total. The zero-order valence-electron chi connectivity index (χ0n) is 8.24. The van der Waals surface area contributed by atoms with Gasteiger partial charge in [0.05, 0.1) is 5.69 Å². The fraction of sp³-hybridized carbons (Fsp3) is 0.400. The summed E-state index contributed by atoms with van der Waals surface area (Å²) < 4.78 is 0. The third-order valence-electron chi connectivity index (χ3n) is 2.37. The van der Waals surface area contributed by atoms with Gasteiger partial charge in [-0.1, -0.05) is 0 Å². The van der Waals surface area contributed by atoms with E-state index in [9.17, 15) is 9.59 Å². The maximum absolute atomic E-state index is 11.5. The van der Waals surface area contributed by atoms with Gasteiger partial charge in [-0.3, -0.25) is 4.79 Å². The largest absolute Gasteiger partial charge is 0.477 e. The van der Waals surface area contributed by atoms with Crippen LogP contribution in [0.5, 0.6) is 0 Å². The minimum atomic E-state index is -0.987. The minimum Gasteiger partial charge on any atom is -0.477 e. The smallest absolute Gasteiger partial charge is 0.348 e. The minimum absolute atomic E-state index is 0.0565. The molecule has 0 atom stereocenters. The molecule has 1 saturated carbocycles. The monoisotopic (exact) mass is 225 g/mol. The lowest BCUT2D eigenvalue weighted by atomic mass is 10.2. The maximum Gasteiger partial charge on any atom is 0.348 e. The summed E-state index contributed by atoms with van der Waals surface area (Å²) in [7, 11) is 0. The highest BCUT2D eigenvalue weighted by atomic mass is 32.1. The fourth-order valence-electron chi connectivity index (χ4n) is 1.33. The molecule has 1 heterocycles. The first-order chi connectivity index (χ1) is 7.09. The topological polar surface area (TPSA) is 66.4 Å². The van der Waals surface area contributed by atoms with Crippen molar-refractivity contribution in [1.29, 1.82) is 0 Å². The third-order valence-corrected chi connectivity index (χ3v) is 3.45. The number of carboxylic acids is 1. The molecule has 2 N–H and O–H groups in total. The van der Waals surface area contributed by atoms with E-state index in [1.54, 1.807) is 12.3 Å². The van der Waals surface area contributed by atoms with Gasteiger partial charge in [-0.25, -0.2) is 4.79 Å². The van der Waals surface area contributed by atoms with E-state index in [-0.39, 0.29) is 16.7 Å². The third kappa shape index (κ3) is 2.02. The molecule has 15 heavy (non-hydrogen) atoms. The van der Waals surface area contributed by atoms with Crippen LogP contribution in [0.1, 0.15) is 28.1 Å². The Labute approximate surface area is 90.9 Å². The maximum atomic E-state index is 11.5. The summed E-state index contributed by atoms with van der Waals surface area (Å²) >= 11 is 1.14. The predicted octanol–water partition coefficient (Wildman–Crippen LogP) is 2.10. The average molecular weight is 225 g/mol. The number of aryl methyl sites for hydroxylation is 1. The Morgan fingerprint density at radius 1 is 1.53 bits per heavy atom. The van der Waals surface area contributed by atoms with Crippen LogP contribution in [-0.4, -0.2) is 17.0 Å². The van der Waals surface area contributed by atoms with Crippen molar-refractivity contribution in [2.75, 3.05) is 5.32 Å². The van der Waals surface area contributed by atoms with Crippen LogP contribution >= 0.6 is 11.3 Å². The summed E-state index contributed by atoms with van der Waals surface area (Å²) in [5.74, 6) is -0.954. The standard InChI is InChI=1S/C10H11NO3S/c1-5-4-15-8(10(13)14)7(5)11-9(12)6-2-3-6/h4,6H,2-3H2,1H3,(H,11,12)(H,13,14). The number of carbonyl (C=O) groups is 2. The Bertz CT molecular complexity index is 420. The average Bonchev–Trinajstić information content (AvgIpc) is 2.94. The van der Waals surface area contributed by atoms with E-state index in [1.807, 2.05) is 0 Å². The molecule has 0 unspecified atom stereocenters. The molecule has 0 spiro atoms. The second-order valence-corrected chi connectivity index (χ2v) is 4.57. The molecule has 1 aromatic rings. The normalized spacial score (nSPS) is 15.0. The molecule has 0 saturated heterocycles. The van der Waals surface area contributed by atoms with Crippen LogP contribution in [0.4, 0.5) is 5.69 Å². The molecular formula is C10H11NO3S. The zero-order valence-corrected chi connectivity index (χ0v) is 9.06. The zero-order chi connectivity index (χ0) is 11.0. The lowest BCUT2D eigenvalue weighted by molar-refractivity contribution is -0.117. The molecule has 0 radical (unpaired) electrons. The first-order valence-corrected chi connectivity index (χ1v) is 5.60. The van der Waals surface area contributed by atoms with Crippen molar-refractivity contribution in [3.63, 3.8) is 0 Å². The summed E-state index contributed by atoms with van der Waals surface area (Å²) in [5.41, 5.74) is 1.27. The molecule has 80 valence electrons. The van der Waals surface area contributed by atoms with Gasteiger partial charge < -0.3 is 10.4 Å². The van der Waals surface area contributed by atoms with Crippen LogP contribution in [0, 0.1) is 12.8 Å². The fourth-order valence-corrected chi connectivity index (χ4v) is 2.17. The van der Waals surface area contributed by atoms with Crippen LogP contribution in [0.25, 0.3) is 0 Å². The van der Waals surface area contributed by atoms with Crippen molar-refractivity contribution in [2.45, 2.75) is 19.8 Å². The molecule has 1 fully saturated rings. The van der Waals surface area contributed by atoms with Crippen molar-refractivity contribution >= 4 is 28.9 Å². The summed E-state index contributed by atoms with van der Waals surface area (Å²) in [6.45, 7) is 1.80. The quantitative estimate of drug-likeness (QED) is 0.827. The molecule has 5 heteroatoms. The number of thiophene rings is 1. The summed E-state index contributed by atoms with van der Waals surface area (Å²) in [4.78, 5) is 22.6. The first kappa shape index (κ1) is 10.2. The molecule has 2 rings (SSSR count). The number of anilines is 1. The summed E-state index contributed by atoms with van der Waals surface area (Å²) in [6.07, 6.45) is 1.83. The van der Waals surface area contributed by atoms with Gasteiger partial charge in [-0.2, -0.15) is 0 Å². The van der Waals surface area contributed by atoms with E-state index >= 15 is 0 Å². The molecule has 1 aliphatic rings. The van der Waals surface area contributed by atoms with Gasteiger partial charge in [-0.15, -0.1) is 11.3 Å². The second kappa shape index (κ2) is 3.66. The Morgan fingerprint density at radius 2 is 2.20 bits per heavy atom. The van der Waals surface area contributed by atoms with Gasteiger partial charge in [0.1, 0.15) is 4.88 Å². The van der Waals surface area contributed by atoms with Crippen molar-refractivity contribution in [2.24, 2.45) is 5.92 Å². The number of aromatic carboxylic acids is 1. The summed E-state index contributed by atoms with van der Waals surface area (Å²) in [6, 6.07) is 0. The lowest BCUT2D eigenvalue weighted by Gasteiger charge is -2.04. The van der Waals surface area contributed by atoms with E-state index in [1.165, 1.54) is 0 Å². The number of hydrogen-bond donors (Lipinski definition) is 2. The number of carboxylic acid groups (broad SMARTS) is 1. The highest BCUT2D eigenvalue weighted by molar-refractivity contribution is 7.12. The molecule has 0 bridgehead atoms. The SMILES string of the molecule is Cc1csc(C(=O)O)c1NC(=O)C1CC1. The molecule has 0 aromatic carbocycles. The van der Waals surface area contributed by atoms with Gasteiger partial charge in [-0.05, 0) is 30.7 Å². The number of hydrogen-bond acceptors (Lipinski definition) is 3. The Kier molecular flexibility index (Phi) is 2.48. The van der Waals surface area contributed by atoms with Crippen LogP contribution in [0.15, 0.2) is 5.38 Å². The van der Waals surface area contributed by atoms with Crippen LogP contribution in [0.3, 0.4) is 0 Å². The van der Waals surface area contributed by atoms with Crippen molar-refractivity contribution in [3.05, 3.63) is 15.8 Å². The first-order valence-electron chi connectivity index (χ1n) is 4.72. The Balaban J connectivity index is 2.21. The van der Waals surface area contributed by atoms with E-state index in [2.05, 4.69) is 5.32 Å². The van der Waals surface area contributed by atoms with E-state index in [4.69, 9.17) is 5.11 Å². The Hall–Kier alpha value is -1.36. The summed E-state index contributed by atoms with van der Waals surface area (Å²) in [5, 5.41) is 13.3. The van der Waals surface area contributed by atoms with Gasteiger partial charge in [0.25, 0.3) is 0 Å². The highest BCUT2D eigenvalue weighted by Crippen LogP contribution is 2.33. The van der Waals surface area contributed by atoms with Crippen molar-refractivity contribution in [1.82, 2.24) is 0 Å². The number of amides is 1. The molecule has 1 amide bonds. The molecule has 1 aromatic heterocycles. The van der Waals surface area contributed by atoms with Gasteiger partial charge in [0, 0.05) is 5.92 Å². The Morgan fingerprint density at radius 3 is 2.73 bits per heavy atom. The molecule has 0 aliphatic heterocycles. The molecular weight excluding hydrogens is 214 g/mol. The van der Waals surface area contributed by atoms with E-state index < -0.39 is 5.97 Å². The van der Waals surface area contributed by atoms with Gasteiger partial charge in [0.15, 0.2) is 0 Å². The van der Waals surface area contributed by atoms with Crippen LogP contribution in [-0.2, 0) is 4.79 Å². The van der Waals surface area contributed by atoms with Gasteiger partial charge in [0.2, 0.25) is 5.91 Å². The predicted molar refractivity (Wildman–Crippen MR) is 57.4 cm³/mol. The van der Waals surface area contributed by atoms with Crippen LogP contribution < -0.4 is 5.32 Å². The van der Waals surface area contributed by atoms with Gasteiger partial charge >= 0.3 is 5.97 Å². The van der Waals surface area contributed by atoms with E-state index in [0.29, 0.717) is 5.69 Å². The highest BCUT2D eigenvalue weighted by Gasteiger charge is 2.31. The van der Waals surface area contributed by atoms with E-state index in [0.717, 1.165) is 29.7 Å². The molecule has 1 aliphatic carbocycles. The number of nitrogens with one attached hydrogen (secondary N) is 1. The van der Waals surface area contributed by atoms with Crippen molar-refractivity contribution < 1.29 is 14.7 Å². The lowest BCUT2D eigenvalue weighted by Crippen LogP contribution is -2.15.